The van der Waals surface area contributed by atoms with Crippen LogP contribution in [0.1, 0.15) is 33.6 Å². The molecule has 1 N–H and O–H groups in total. The highest BCUT2D eigenvalue weighted by atomic mass is 16.5. The molecule has 1 aliphatic heterocycles. The summed E-state index contributed by atoms with van der Waals surface area (Å²) in [5.41, 5.74) is 0.0810. The molecule has 1 saturated heterocycles. The number of aliphatic hydroxyl groups is 1. The van der Waals surface area contributed by atoms with Gasteiger partial charge in [0.05, 0.1) is 12.2 Å². The van der Waals surface area contributed by atoms with Gasteiger partial charge in [-0.05, 0) is 25.2 Å². The first-order chi connectivity index (χ1) is 5.10. The van der Waals surface area contributed by atoms with Crippen LogP contribution in [0.2, 0.25) is 0 Å². The summed E-state index contributed by atoms with van der Waals surface area (Å²) >= 11 is 0. The fraction of sp³-hybridized carbons (Fsp3) is 1.00. The minimum atomic E-state index is -0.291. The molecule has 2 heteroatoms. The highest BCUT2D eigenvalue weighted by molar-refractivity contribution is 4.87. The highest BCUT2D eigenvalue weighted by Crippen LogP contribution is 2.35. The average Bonchev–Trinajstić information content (AvgIpc) is 2.00. The predicted molar refractivity (Wildman–Crippen MR) is 44.4 cm³/mol. The summed E-state index contributed by atoms with van der Waals surface area (Å²) in [5.74, 6) is 0. The van der Waals surface area contributed by atoms with Crippen LogP contribution >= 0.6 is 0 Å². The third-order valence-corrected chi connectivity index (χ3v) is 3.02. The second kappa shape index (κ2) is 3.11. The third-order valence-electron chi connectivity index (χ3n) is 3.02. The molecule has 0 bridgehead atoms. The van der Waals surface area contributed by atoms with Gasteiger partial charge in [0.2, 0.25) is 0 Å². The zero-order chi connectivity index (χ0) is 8.48. The molecule has 1 heterocycles. The second-order valence-electron chi connectivity index (χ2n) is 3.78. The topological polar surface area (TPSA) is 29.5 Å². The number of aliphatic hydroxyl groups excluding tert-OH is 1. The van der Waals surface area contributed by atoms with E-state index in [2.05, 4.69) is 13.8 Å². The van der Waals surface area contributed by atoms with Crippen LogP contribution in [0.4, 0.5) is 0 Å². The Morgan fingerprint density at radius 1 is 1.64 bits per heavy atom. The quantitative estimate of drug-likeness (QED) is 0.627. The normalized spacial score (nSPS) is 45.8. The second-order valence-corrected chi connectivity index (χ2v) is 3.78. The summed E-state index contributed by atoms with van der Waals surface area (Å²) < 4.78 is 5.34. The van der Waals surface area contributed by atoms with Crippen molar-refractivity contribution in [3.8, 4) is 0 Å². The molecular formula is C9H18O2. The molecule has 0 spiro atoms. The van der Waals surface area contributed by atoms with Gasteiger partial charge >= 0.3 is 0 Å². The van der Waals surface area contributed by atoms with Gasteiger partial charge in [-0.1, -0.05) is 13.8 Å². The van der Waals surface area contributed by atoms with Crippen molar-refractivity contribution >= 4 is 0 Å². The molecule has 2 nitrogen and oxygen atoms in total. The Kier molecular flexibility index (Phi) is 2.55. The minimum Gasteiger partial charge on any atom is -0.390 e. The first-order valence-electron chi connectivity index (χ1n) is 4.40. The van der Waals surface area contributed by atoms with Gasteiger partial charge in [-0.3, -0.25) is 0 Å². The molecule has 0 aromatic heterocycles. The highest BCUT2D eigenvalue weighted by Gasteiger charge is 2.38. The van der Waals surface area contributed by atoms with E-state index in [1.807, 2.05) is 6.92 Å². The van der Waals surface area contributed by atoms with E-state index >= 15 is 0 Å². The minimum absolute atomic E-state index is 0.00806. The number of hydrogen-bond donors (Lipinski definition) is 1. The SMILES string of the molecule is CC[C@]1(C)CCO[C@@H](C)[C@@H]1O. The lowest BCUT2D eigenvalue weighted by molar-refractivity contribution is -0.135. The Bertz CT molecular complexity index is 136. The molecule has 0 aromatic rings. The predicted octanol–water partition coefficient (Wildman–Crippen LogP) is 1.57. The lowest BCUT2D eigenvalue weighted by Gasteiger charge is -2.41. The van der Waals surface area contributed by atoms with Crippen molar-refractivity contribution < 1.29 is 9.84 Å². The Labute approximate surface area is 68.6 Å². The van der Waals surface area contributed by atoms with Crippen LogP contribution in [0.3, 0.4) is 0 Å². The van der Waals surface area contributed by atoms with E-state index in [1.54, 1.807) is 0 Å². The van der Waals surface area contributed by atoms with E-state index < -0.39 is 0 Å². The molecule has 1 aliphatic rings. The third kappa shape index (κ3) is 1.57. The van der Waals surface area contributed by atoms with Crippen molar-refractivity contribution in [3.63, 3.8) is 0 Å². The maximum absolute atomic E-state index is 9.77. The summed E-state index contributed by atoms with van der Waals surface area (Å²) in [4.78, 5) is 0. The van der Waals surface area contributed by atoms with Crippen LogP contribution in [0.25, 0.3) is 0 Å². The van der Waals surface area contributed by atoms with E-state index in [4.69, 9.17) is 4.74 Å². The van der Waals surface area contributed by atoms with Crippen LogP contribution in [0.15, 0.2) is 0 Å². The van der Waals surface area contributed by atoms with Crippen molar-refractivity contribution in [3.05, 3.63) is 0 Å². The molecule has 0 aliphatic carbocycles. The van der Waals surface area contributed by atoms with E-state index in [1.165, 1.54) is 0 Å². The smallest absolute Gasteiger partial charge is 0.0853 e. The first-order valence-corrected chi connectivity index (χ1v) is 4.40. The fourth-order valence-corrected chi connectivity index (χ4v) is 1.67. The number of rotatable bonds is 1. The zero-order valence-corrected chi connectivity index (χ0v) is 7.63. The van der Waals surface area contributed by atoms with E-state index in [9.17, 15) is 5.11 Å². The van der Waals surface area contributed by atoms with Gasteiger partial charge < -0.3 is 9.84 Å². The van der Waals surface area contributed by atoms with Crippen LogP contribution in [0, 0.1) is 5.41 Å². The molecule has 0 unspecified atom stereocenters. The Morgan fingerprint density at radius 3 is 2.73 bits per heavy atom. The Morgan fingerprint density at radius 2 is 2.27 bits per heavy atom. The number of ether oxygens (including phenoxy) is 1. The van der Waals surface area contributed by atoms with E-state index in [-0.39, 0.29) is 17.6 Å². The molecule has 0 aromatic carbocycles. The van der Waals surface area contributed by atoms with Gasteiger partial charge in [-0.25, -0.2) is 0 Å². The Balaban J connectivity index is 2.64. The first kappa shape index (κ1) is 9.01. The van der Waals surface area contributed by atoms with Crippen molar-refractivity contribution in [2.45, 2.75) is 45.8 Å². The van der Waals surface area contributed by atoms with E-state index in [0.717, 1.165) is 19.4 Å². The molecule has 1 rings (SSSR count). The van der Waals surface area contributed by atoms with Crippen LogP contribution in [0.5, 0.6) is 0 Å². The van der Waals surface area contributed by atoms with Crippen LogP contribution in [-0.2, 0) is 4.74 Å². The molecule has 3 atom stereocenters. The summed E-state index contributed by atoms with van der Waals surface area (Å²) in [6.07, 6.45) is 1.73. The van der Waals surface area contributed by atoms with Crippen molar-refractivity contribution in [1.82, 2.24) is 0 Å². The zero-order valence-electron chi connectivity index (χ0n) is 7.63. The number of hydrogen-bond acceptors (Lipinski definition) is 2. The summed E-state index contributed by atoms with van der Waals surface area (Å²) in [5, 5.41) is 9.77. The molecule has 0 radical (unpaired) electrons. The lowest BCUT2D eigenvalue weighted by atomic mass is 9.75. The van der Waals surface area contributed by atoms with Gasteiger partial charge in [0.15, 0.2) is 0 Å². The van der Waals surface area contributed by atoms with Crippen molar-refractivity contribution in [2.24, 2.45) is 5.41 Å². The molecule has 0 amide bonds. The molecule has 0 saturated carbocycles. The van der Waals surface area contributed by atoms with Gasteiger partial charge in [0, 0.05) is 6.61 Å². The molecule has 66 valence electrons. The maximum atomic E-state index is 9.77. The molecular weight excluding hydrogens is 140 g/mol. The van der Waals surface area contributed by atoms with Gasteiger partial charge in [-0.2, -0.15) is 0 Å². The standard InChI is InChI=1S/C9H18O2/c1-4-9(3)5-6-11-7(2)8(9)10/h7-8,10H,4-6H2,1-3H3/t7-,8-,9+/m0/s1. The monoisotopic (exact) mass is 158 g/mol. The van der Waals surface area contributed by atoms with Gasteiger partial charge in [0.1, 0.15) is 0 Å². The largest absolute Gasteiger partial charge is 0.390 e. The maximum Gasteiger partial charge on any atom is 0.0853 e. The molecule has 11 heavy (non-hydrogen) atoms. The summed E-state index contributed by atoms with van der Waals surface area (Å²) in [6, 6.07) is 0. The van der Waals surface area contributed by atoms with E-state index in [0.29, 0.717) is 0 Å². The Hall–Kier alpha value is -0.0800. The lowest BCUT2D eigenvalue weighted by Crippen LogP contribution is -2.46. The van der Waals surface area contributed by atoms with Crippen molar-refractivity contribution in [2.75, 3.05) is 6.61 Å². The molecule has 1 fully saturated rings. The van der Waals surface area contributed by atoms with Gasteiger partial charge in [0.25, 0.3) is 0 Å². The fourth-order valence-electron chi connectivity index (χ4n) is 1.67. The summed E-state index contributed by atoms with van der Waals surface area (Å²) in [6.45, 7) is 7.00. The van der Waals surface area contributed by atoms with Gasteiger partial charge in [-0.15, -0.1) is 0 Å². The van der Waals surface area contributed by atoms with Crippen molar-refractivity contribution in [1.29, 1.82) is 0 Å². The van der Waals surface area contributed by atoms with Crippen LogP contribution in [-0.4, -0.2) is 23.9 Å². The van der Waals surface area contributed by atoms with Crippen LogP contribution < -0.4 is 0 Å². The average molecular weight is 158 g/mol. The summed E-state index contributed by atoms with van der Waals surface area (Å²) in [7, 11) is 0.